The van der Waals surface area contributed by atoms with E-state index in [4.69, 9.17) is 28.3 Å². The van der Waals surface area contributed by atoms with Crippen LogP contribution in [0.2, 0.25) is 10.0 Å². The standard InChI is InChI=1S/C14H12Cl2N2O3S/c1-8-2-4-10(7-13(8)22(17,20)21)18-14(19)11-5-3-9(15)6-12(11)16/h2-7H,1H3,(H,18,19)(H2,17,20,21). The Kier molecular flexibility index (Phi) is 4.77. The minimum absolute atomic E-state index is 0.0486. The van der Waals surface area contributed by atoms with Crippen LogP contribution in [0, 0.1) is 6.92 Å². The summed E-state index contributed by atoms with van der Waals surface area (Å²) in [7, 11) is -3.87. The van der Waals surface area contributed by atoms with E-state index in [0.717, 1.165) is 0 Å². The first-order chi connectivity index (χ1) is 10.2. The van der Waals surface area contributed by atoms with Crippen LogP contribution >= 0.6 is 23.2 Å². The van der Waals surface area contributed by atoms with Gasteiger partial charge in [0, 0.05) is 10.7 Å². The lowest BCUT2D eigenvalue weighted by atomic mass is 10.2. The van der Waals surface area contributed by atoms with Gasteiger partial charge in [-0.2, -0.15) is 0 Å². The molecule has 0 aliphatic carbocycles. The fourth-order valence-corrected chi connectivity index (χ4v) is 3.16. The first-order valence-corrected chi connectivity index (χ1v) is 8.38. The van der Waals surface area contributed by atoms with Gasteiger partial charge in [0.15, 0.2) is 0 Å². The van der Waals surface area contributed by atoms with E-state index in [2.05, 4.69) is 5.32 Å². The van der Waals surface area contributed by atoms with Crippen LogP contribution in [-0.2, 0) is 10.0 Å². The van der Waals surface area contributed by atoms with Crippen LogP contribution in [0.1, 0.15) is 15.9 Å². The molecular weight excluding hydrogens is 347 g/mol. The molecule has 0 atom stereocenters. The van der Waals surface area contributed by atoms with Gasteiger partial charge in [-0.1, -0.05) is 29.3 Å². The van der Waals surface area contributed by atoms with E-state index in [1.165, 1.54) is 24.3 Å². The average molecular weight is 359 g/mol. The quantitative estimate of drug-likeness (QED) is 0.882. The van der Waals surface area contributed by atoms with Gasteiger partial charge in [-0.15, -0.1) is 0 Å². The summed E-state index contributed by atoms with van der Waals surface area (Å²) in [4.78, 5) is 12.1. The number of carbonyl (C=O) groups is 1. The highest BCUT2D eigenvalue weighted by Gasteiger charge is 2.15. The first-order valence-electron chi connectivity index (χ1n) is 6.08. The highest BCUT2D eigenvalue weighted by molar-refractivity contribution is 7.89. The largest absolute Gasteiger partial charge is 0.322 e. The Hall–Kier alpha value is -1.60. The van der Waals surface area contributed by atoms with Gasteiger partial charge in [0.1, 0.15) is 0 Å². The van der Waals surface area contributed by atoms with Crippen LogP contribution in [0.25, 0.3) is 0 Å². The Morgan fingerprint density at radius 3 is 2.41 bits per heavy atom. The molecule has 0 unspecified atom stereocenters. The molecule has 0 aliphatic heterocycles. The minimum atomic E-state index is -3.87. The van der Waals surface area contributed by atoms with Crippen molar-refractivity contribution in [1.82, 2.24) is 0 Å². The number of nitrogens with two attached hydrogens (primary N) is 1. The predicted molar refractivity (Wildman–Crippen MR) is 87.0 cm³/mol. The van der Waals surface area contributed by atoms with E-state index < -0.39 is 15.9 Å². The summed E-state index contributed by atoms with van der Waals surface area (Å²) in [6, 6.07) is 8.89. The van der Waals surface area contributed by atoms with Gasteiger partial charge in [0.2, 0.25) is 10.0 Å². The summed E-state index contributed by atoms with van der Waals surface area (Å²) < 4.78 is 23.0. The molecule has 2 aromatic rings. The number of sulfonamides is 1. The van der Waals surface area contributed by atoms with Gasteiger partial charge < -0.3 is 5.32 Å². The number of hydrogen-bond donors (Lipinski definition) is 2. The van der Waals surface area contributed by atoms with Crippen molar-refractivity contribution in [2.45, 2.75) is 11.8 Å². The molecule has 0 bridgehead atoms. The molecule has 0 radical (unpaired) electrons. The normalized spacial score (nSPS) is 11.3. The van der Waals surface area contributed by atoms with Gasteiger partial charge in [0.25, 0.3) is 5.91 Å². The van der Waals surface area contributed by atoms with E-state index in [0.29, 0.717) is 16.3 Å². The van der Waals surface area contributed by atoms with Crippen molar-refractivity contribution in [2.75, 3.05) is 5.32 Å². The van der Waals surface area contributed by atoms with Gasteiger partial charge in [-0.05, 0) is 42.8 Å². The number of hydrogen-bond acceptors (Lipinski definition) is 3. The Balaban J connectivity index is 2.33. The molecule has 3 N–H and O–H groups in total. The molecule has 5 nitrogen and oxygen atoms in total. The summed E-state index contributed by atoms with van der Waals surface area (Å²) in [5.41, 5.74) is 1.01. The van der Waals surface area contributed by atoms with Crippen molar-refractivity contribution in [3.8, 4) is 0 Å². The molecule has 0 saturated heterocycles. The maximum atomic E-state index is 12.2. The number of halogens is 2. The number of rotatable bonds is 3. The lowest BCUT2D eigenvalue weighted by Crippen LogP contribution is -2.16. The maximum Gasteiger partial charge on any atom is 0.257 e. The topological polar surface area (TPSA) is 89.3 Å². The fraction of sp³-hybridized carbons (Fsp3) is 0.0714. The van der Waals surface area contributed by atoms with Gasteiger partial charge >= 0.3 is 0 Å². The second-order valence-electron chi connectivity index (χ2n) is 4.60. The highest BCUT2D eigenvalue weighted by atomic mass is 35.5. The number of amides is 1. The number of anilines is 1. The van der Waals surface area contributed by atoms with Crippen molar-refractivity contribution in [3.63, 3.8) is 0 Å². The Morgan fingerprint density at radius 2 is 1.82 bits per heavy atom. The van der Waals surface area contributed by atoms with Crippen LogP contribution in [0.15, 0.2) is 41.3 Å². The second-order valence-corrected chi connectivity index (χ2v) is 6.98. The maximum absolute atomic E-state index is 12.2. The number of primary sulfonamides is 1. The minimum Gasteiger partial charge on any atom is -0.322 e. The number of nitrogens with one attached hydrogen (secondary N) is 1. The zero-order valence-electron chi connectivity index (χ0n) is 11.4. The Bertz CT molecular complexity index is 851. The van der Waals surface area contributed by atoms with Crippen molar-refractivity contribution in [2.24, 2.45) is 5.14 Å². The molecule has 2 rings (SSSR count). The van der Waals surface area contributed by atoms with E-state index in [1.807, 2.05) is 0 Å². The Labute approximate surface area is 138 Å². The molecule has 0 heterocycles. The molecule has 116 valence electrons. The molecule has 0 spiro atoms. The molecule has 8 heteroatoms. The first kappa shape index (κ1) is 16.8. The van der Waals surface area contributed by atoms with Crippen LogP contribution in [0.5, 0.6) is 0 Å². The van der Waals surface area contributed by atoms with Crippen molar-refractivity contribution >= 4 is 44.8 Å². The third-order valence-corrected chi connectivity index (χ3v) is 4.53. The van der Waals surface area contributed by atoms with Gasteiger partial charge in [-0.3, -0.25) is 4.79 Å². The summed E-state index contributed by atoms with van der Waals surface area (Å²) in [6.07, 6.45) is 0. The molecule has 2 aromatic carbocycles. The number of carbonyl (C=O) groups excluding carboxylic acids is 1. The van der Waals surface area contributed by atoms with Crippen LogP contribution in [0.4, 0.5) is 5.69 Å². The van der Waals surface area contributed by atoms with E-state index in [9.17, 15) is 13.2 Å². The third-order valence-electron chi connectivity index (χ3n) is 2.93. The second kappa shape index (κ2) is 6.26. The number of benzene rings is 2. The van der Waals surface area contributed by atoms with Crippen LogP contribution in [0.3, 0.4) is 0 Å². The monoisotopic (exact) mass is 358 g/mol. The lowest BCUT2D eigenvalue weighted by molar-refractivity contribution is 0.102. The zero-order chi connectivity index (χ0) is 16.5. The summed E-state index contributed by atoms with van der Waals surface area (Å²) >= 11 is 11.7. The van der Waals surface area contributed by atoms with Gasteiger partial charge in [0.05, 0.1) is 15.5 Å². The van der Waals surface area contributed by atoms with E-state index in [-0.39, 0.29) is 15.5 Å². The Morgan fingerprint density at radius 1 is 1.14 bits per heavy atom. The summed E-state index contributed by atoms with van der Waals surface area (Å²) in [6.45, 7) is 1.61. The molecule has 0 saturated carbocycles. The summed E-state index contributed by atoms with van der Waals surface area (Å²) in [5.74, 6) is -0.481. The molecule has 0 aliphatic rings. The van der Waals surface area contributed by atoms with Crippen LogP contribution < -0.4 is 10.5 Å². The van der Waals surface area contributed by atoms with Crippen molar-refractivity contribution in [1.29, 1.82) is 0 Å². The van der Waals surface area contributed by atoms with Crippen molar-refractivity contribution < 1.29 is 13.2 Å². The predicted octanol–water partition coefficient (Wildman–Crippen LogP) is 3.20. The van der Waals surface area contributed by atoms with Gasteiger partial charge in [-0.25, -0.2) is 13.6 Å². The highest BCUT2D eigenvalue weighted by Crippen LogP contribution is 2.23. The molecule has 22 heavy (non-hydrogen) atoms. The molecule has 0 fully saturated rings. The SMILES string of the molecule is Cc1ccc(NC(=O)c2ccc(Cl)cc2Cl)cc1S(N)(=O)=O. The molecule has 1 amide bonds. The average Bonchev–Trinajstić information content (AvgIpc) is 2.39. The summed E-state index contributed by atoms with van der Waals surface area (Å²) in [5, 5.41) is 8.31. The van der Waals surface area contributed by atoms with Crippen LogP contribution in [-0.4, -0.2) is 14.3 Å². The fourth-order valence-electron chi connectivity index (χ4n) is 1.86. The smallest absolute Gasteiger partial charge is 0.257 e. The molecular formula is C14H12Cl2N2O3S. The van der Waals surface area contributed by atoms with E-state index >= 15 is 0 Å². The van der Waals surface area contributed by atoms with Crippen molar-refractivity contribution in [3.05, 3.63) is 57.6 Å². The zero-order valence-corrected chi connectivity index (χ0v) is 13.8. The lowest BCUT2D eigenvalue weighted by Gasteiger charge is -2.10. The number of aryl methyl sites for hydroxylation is 1. The van der Waals surface area contributed by atoms with E-state index in [1.54, 1.807) is 19.1 Å². The third kappa shape index (κ3) is 3.78. The molecule has 0 aromatic heterocycles.